The first-order chi connectivity index (χ1) is 10.6. The number of amides is 2. The van der Waals surface area contributed by atoms with E-state index in [1.807, 2.05) is 30.0 Å². The molecule has 0 saturated carbocycles. The summed E-state index contributed by atoms with van der Waals surface area (Å²) in [4.78, 5) is 25.5. The molecule has 0 aliphatic carbocycles. The van der Waals surface area contributed by atoms with Crippen LogP contribution in [-0.4, -0.2) is 42.4 Å². The fourth-order valence-corrected chi connectivity index (χ4v) is 2.93. The summed E-state index contributed by atoms with van der Waals surface area (Å²) in [7, 11) is 0. The van der Waals surface area contributed by atoms with Gasteiger partial charge in [-0.05, 0) is 18.9 Å². The molecule has 6 heteroatoms. The molecule has 0 unspecified atom stereocenters. The second-order valence-corrected chi connectivity index (χ2v) is 5.79. The summed E-state index contributed by atoms with van der Waals surface area (Å²) in [6, 6.07) is 10.1. The lowest BCUT2D eigenvalue weighted by atomic mass is 9.95. The minimum absolute atomic E-state index is 0. The van der Waals surface area contributed by atoms with Crippen LogP contribution in [0, 0.1) is 0 Å². The van der Waals surface area contributed by atoms with Gasteiger partial charge in [-0.2, -0.15) is 0 Å². The summed E-state index contributed by atoms with van der Waals surface area (Å²) in [6.07, 6.45) is 1.40. The van der Waals surface area contributed by atoms with Crippen molar-refractivity contribution >= 4 is 24.2 Å². The third-order valence-corrected chi connectivity index (χ3v) is 4.11. The lowest BCUT2D eigenvalue weighted by molar-refractivity contribution is -0.130. The highest BCUT2D eigenvalue weighted by molar-refractivity contribution is 5.85. The molecule has 128 valence electrons. The maximum absolute atomic E-state index is 12.2. The smallest absolute Gasteiger partial charge is 0.222 e. The SMILES string of the molecule is CCNC(=O)CCCC(=O)N1C[C@@H](N)[C@H](c2ccccc2)C1.Cl. The number of rotatable bonds is 6. The van der Waals surface area contributed by atoms with Crippen molar-refractivity contribution in [2.45, 2.75) is 38.1 Å². The normalized spacial score (nSPS) is 20.0. The van der Waals surface area contributed by atoms with E-state index in [9.17, 15) is 9.59 Å². The molecule has 2 atom stereocenters. The Bertz CT molecular complexity index is 510. The van der Waals surface area contributed by atoms with Crippen molar-refractivity contribution in [1.82, 2.24) is 10.2 Å². The van der Waals surface area contributed by atoms with Crippen molar-refractivity contribution in [1.29, 1.82) is 0 Å². The number of hydrogen-bond acceptors (Lipinski definition) is 3. The van der Waals surface area contributed by atoms with Crippen molar-refractivity contribution in [2.24, 2.45) is 5.73 Å². The van der Waals surface area contributed by atoms with Gasteiger partial charge in [0.1, 0.15) is 0 Å². The average molecular weight is 340 g/mol. The maximum Gasteiger partial charge on any atom is 0.222 e. The zero-order chi connectivity index (χ0) is 15.9. The molecule has 23 heavy (non-hydrogen) atoms. The number of halogens is 1. The van der Waals surface area contributed by atoms with E-state index in [0.29, 0.717) is 38.9 Å². The number of nitrogens with zero attached hydrogens (tertiary/aromatic N) is 1. The van der Waals surface area contributed by atoms with Crippen molar-refractivity contribution < 1.29 is 9.59 Å². The number of nitrogens with two attached hydrogens (primary N) is 1. The van der Waals surface area contributed by atoms with Crippen LogP contribution < -0.4 is 11.1 Å². The van der Waals surface area contributed by atoms with Gasteiger partial charge in [0, 0.05) is 44.4 Å². The van der Waals surface area contributed by atoms with Crippen LogP contribution in [0.15, 0.2) is 30.3 Å². The van der Waals surface area contributed by atoms with Crippen molar-refractivity contribution in [3.05, 3.63) is 35.9 Å². The van der Waals surface area contributed by atoms with Gasteiger partial charge < -0.3 is 16.0 Å². The predicted octanol–water partition coefficient (Wildman–Crippen LogP) is 1.67. The van der Waals surface area contributed by atoms with Crippen LogP contribution in [0.5, 0.6) is 0 Å². The molecule has 1 aromatic carbocycles. The second-order valence-electron chi connectivity index (χ2n) is 5.79. The predicted molar refractivity (Wildman–Crippen MR) is 93.5 cm³/mol. The highest BCUT2D eigenvalue weighted by atomic mass is 35.5. The Labute approximate surface area is 144 Å². The highest BCUT2D eigenvalue weighted by Gasteiger charge is 2.33. The van der Waals surface area contributed by atoms with Crippen LogP contribution in [0.1, 0.15) is 37.7 Å². The lowest BCUT2D eigenvalue weighted by Gasteiger charge is -2.16. The summed E-state index contributed by atoms with van der Waals surface area (Å²) in [6.45, 7) is 3.79. The first-order valence-electron chi connectivity index (χ1n) is 7.96. The largest absolute Gasteiger partial charge is 0.356 e. The number of hydrogen-bond donors (Lipinski definition) is 2. The van der Waals surface area contributed by atoms with Crippen molar-refractivity contribution in [2.75, 3.05) is 19.6 Å². The Morgan fingerprint density at radius 3 is 2.57 bits per heavy atom. The third-order valence-electron chi connectivity index (χ3n) is 4.11. The fraction of sp³-hybridized carbons (Fsp3) is 0.529. The number of nitrogens with one attached hydrogen (secondary N) is 1. The molecule has 1 heterocycles. The quantitative estimate of drug-likeness (QED) is 0.827. The Balaban J connectivity index is 0.00000264. The van der Waals surface area contributed by atoms with Gasteiger partial charge in [0.05, 0.1) is 0 Å². The van der Waals surface area contributed by atoms with Crippen LogP contribution >= 0.6 is 12.4 Å². The topological polar surface area (TPSA) is 75.4 Å². The Morgan fingerprint density at radius 2 is 1.91 bits per heavy atom. The number of carbonyl (C=O) groups is 2. The van der Waals surface area contributed by atoms with E-state index in [0.717, 1.165) is 0 Å². The molecule has 1 saturated heterocycles. The summed E-state index contributed by atoms with van der Waals surface area (Å²) in [5.41, 5.74) is 7.39. The zero-order valence-corrected chi connectivity index (χ0v) is 14.3. The molecule has 1 aliphatic heterocycles. The molecule has 2 amide bonds. The van der Waals surface area contributed by atoms with Crippen LogP contribution in [0.4, 0.5) is 0 Å². The van der Waals surface area contributed by atoms with E-state index in [1.54, 1.807) is 0 Å². The Hall–Kier alpha value is -1.59. The second kappa shape index (κ2) is 9.53. The molecule has 0 radical (unpaired) electrons. The molecule has 5 nitrogen and oxygen atoms in total. The molecule has 1 aliphatic rings. The Kier molecular flexibility index (Phi) is 8.06. The van der Waals surface area contributed by atoms with Gasteiger partial charge in [0.2, 0.25) is 11.8 Å². The van der Waals surface area contributed by atoms with Crippen molar-refractivity contribution in [3.8, 4) is 0 Å². The van der Waals surface area contributed by atoms with Crippen LogP contribution in [0.2, 0.25) is 0 Å². The van der Waals surface area contributed by atoms with Gasteiger partial charge in [-0.15, -0.1) is 12.4 Å². The molecule has 1 fully saturated rings. The monoisotopic (exact) mass is 339 g/mol. The summed E-state index contributed by atoms with van der Waals surface area (Å²) in [5.74, 6) is 0.308. The van der Waals surface area contributed by atoms with Crippen LogP contribution in [0.3, 0.4) is 0 Å². The van der Waals surface area contributed by atoms with E-state index in [4.69, 9.17) is 5.73 Å². The number of likely N-dealkylation sites (tertiary alicyclic amines) is 1. The van der Waals surface area contributed by atoms with E-state index < -0.39 is 0 Å². The summed E-state index contributed by atoms with van der Waals surface area (Å²) in [5, 5.41) is 2.74. The summed E-state index contributed by atoms with van der Waals surface area (Å²) >= 11 is 0. The minimum atomic E-state index is -0.0188. The zero-order valence-electron chi connectivity index (χ0n) is 13.5. The standard InChI is InChI=1S/C17H25N3O2.ClH/c1-2-19-16(21)9-6-10-17(22)20-11-14(15(18)12-20)13-7-4-3-5-8-13;/h3-5,7-8,14-15H,2,6,9-12,18H2,1H3,(H,19,21);1H/t14-,15+;/m0./s1. The first-order valence-corrected chi connectivity index (χ1v) is 7.96. The first kappa shape index (κ1) is 19.5. The van der Waals surface area contributed by atoms with E-state index >= 15 is 0 Å². The van der Waals surface area contributed by atoms with E-state index in [1.165, 1.54) is 5.56 Å². The average Bonchev–Trinajstić information content (AvgIpc) is 2.90. The van der Waals surface area contributed by atoms with Gasteiger partial charge in [-0.3, -0.25) is 9.59 Å². The van der Waals surface area contributed by atoms with E-state index in [2.05, 4.69) is 17.4 Å². The third kappa shape index (κ3) is 5.52. The highest BCUT2D eigenvalue weighted by Crippen LogP contribution is 2.26. The molecular formula is C17H26ClN3O2. The minimum Gasteiger partial charge on any atom is -0.356 e. The van der Waals surface area contributed by atoms with Gasteiger partial charge in [0.25, 0.3) is 0 Å². The molecule has 1 aromatic rings. The Morgan fingerprint density at radius 1 is 1.22 bits per heavy atom. The fourth-order valence-electron chi connectivity index (χ4n) is 2.93. The van der Waals surface area contributed by atoms with Gasteiger partial charge >= 0.3 is 0 Å². The van der Waals surface area contributed by atoms with Crippen molar-refractivity contribution in [3.63, 3.8) is 0 Å². The molecule has 0 spiro atoms. The van der Waals surface area contributed by atoms with Gasteiger partial charge in [-0.25, -0.2) is 0 Å². The molecule has 2 rings (SSSR count). The molecule has 0 aromatic heterocycles. The molecular weight excluding hydrogens is 314 g/mol. The lowest BCUT2D eigenvalue weighted by Crippen LogP contribution is -2.32. The summed E-state index contributed by atoms with van der Waals surface area (Å²) < 4.78 is 0. The molecule has 3 N–H and O–H groups in total. The molecule has 0 bridgehead atoms. The number of benzene rings is 1. The van der Waals surface area contributed by atoms with Gasteiger partial charge in [0.15, 0.2) is 0 Å². The van der Waals surface area contributed by atoms with Crippen LogP contribution in [-0.2, 0) is 9.59 Å². The van der Waals surface area contributed by atoms with Gasteiger partial charge in [-0.1, -0.05) is 30.3 Å². The van der Waals surface area contributed by atoms with Crippen LogP contribution in [0.25, 0.3) is 0 Å². The maximum atomic E-state index is 12.2. The van der Waals surface area contributed by atoms with E-state index in [-0.39, 0.29) is 36.2 Å². The number of carbonyl (C=O) groups excluding carboxylic acids is 2.